The van der Waals surface area contributed by atoms with E-state index in [4.69, 9.17) is 0 Å². The first-order valence-electron chi connectivity index (χ1n) is 12.2. The highest BCUT2D eigenvalue weighted by atomic mass is 32.2. The molecule has 35 heavy (non-hydrogen) atoms. The van der Waals surface area contributed by atoms with Crippen molar-refractivity contribution >= 4 is 34.3 Å². The van der Waals surface area contributed by atoms with Crippen LogP contribution >= 0.6 is 11.8 Å². The van der Waals surface area contributed by atoms with Gasteiger partial charge in [-0.15, -0.1) is 10.2 Å². The van der Waals surface area contributed by atoms with Crippen LogP contribution in [0.2, 0.25) is 0 Å². The summed E-state index contributed by atoms with van der Waals surface area (Å²) in [4.78, 5) is 28.8. The van der Waals surface area contributed by atoms with Gasteiger partial charge in [-0.2, -0.15) is 0 Å². The summed E-state index contributed by atoms with van der Waals surface area (Å²) in [5.74, 6) is 0.785. The fourth-order valence-corrected chi connectivity index (χ4v) is 5.28. The molecule has 2 aromatic heterocycles. The number of para-hydroxylation sites is 1. The Hall–Kier alpha value is -3.13. The smallest absolute Gasteiger partial charge is 0.267 e. The van der Waals surface area contributed by atoms with Gasteiger partial charge in [-0.05, 0) is 69.9 Å². The minimum Gasteiger partial charge on any atom is -0.337 e. The van der Waals surface area contributed by atoms with Crippen molar-refractivity contribution in [1.82, 2.24) is 24.1 Å². The average molecular weight is 492 g/mol. The van der Waals surface area contributed by atoms with Gasteiger partial charge < -0.3 is 4.90 Å². The quantitative estimate of drug-likeness (QED) is 0.318. The minimum absolute atomic E-state index is 0.0857. The van der Waals surface area contributed by atoms with Gasteiger partial charge in [-0.1, -0.05) is 49.9 Å². The van der Waals surface area contributed by atoms with Crippen LogP contribution in [-0.4, -0.2) is 47.8 Å². The second-order valence-electron chi connectivity index (χ2n) is 9.17. The summed E-state index contributed by atoms with van der Waals surface area (Å²) in [6.45, 7) is 12.4. The molecule has 184 valence electrons. The summed E-state index contributed by atoms with van der Waals surface area (Å²) in [7, 11) is 0. The Bertz CT molecular complexity index is 1430. The Kier molecular flexibility index (Phi) is 7.31. The van der Waals surface area contributed by atoms with E-state index < -0.39 is 0 Å². The zero-order valence-corrected chi connectivity index (χ0v) is 22.1. The van der Waals surface area contributed by atoms with Gasteiger partial charge in [0.05, 0.1) is 22.3 Å². The van der Waals surface area contributed by atoms with Crippen LogP contribution in [0.3, 0.4) is 0 Å². The number of carbonyl (C=O) groups is 1. The molecule has 0 radical (unpaired) electrons. The third-order valence-electron chi connectivity index (χ3n) is 6.74. The lowest BCUT2D eigenvalue weighted by atomic mass is 10.1. The summed E-state index contributed by atoms with van der Waals surface area (Å²) in [5.41, 5.74) is 3.40. The first-order chi connectivity index (χ1) is 16.8. The van der Waals surface area contributed by atoms with E-state index in [-0.39, 0.29) is 29.3 Å². The van der Waals surface area contributed by atoms with Crippen molar-refractivity contribution in [3.63, 3.8) is 0 Å². The molecular weight excluding hydrogens is 458 g/mol. The molecule has 4 aromatic rings. The number of amides is 1. The normalized spacial score (nSPS) is 13.3. The Morgan fingerprint density at radius 3 is 2.40 bits per heavy atom. The molecular formula is C27H33N5O2S. The number of rotatable bonds is 8. The summed E-state index contributed by atoms with van der Waals surface area (Å²) < 4.78 is 3.53. The maximum Gasteiger partial charge on any atom is 0.267 e. The molecule has 0 spiro atoms. The average Bonchev–Trinajstić information content (AvgIpc) is 3.28. The molecule has 4 rings (SSSR count). The molecule has 2 aromatic carbocycles. The van der Waals surface area contributed by atoms with Crippen molar-refractivity contribution < 1.29 is 4.79 Å². The van der Waals surface area contributed by atoms with Gasteiger partial charge >= 0.3 is 0 Å². The van der Waals surface area contributed by atoms with E-state index in [1.54, 1.807) is 4.57 Å². The van der Waals surface area contributed by atoms with E-state index in [0.717, 1.165) is 35.2 Å². The standard InChI is InChI=1S/C27H33N5O2S/c1-7-19(5)30(20(6)8-2)24(33)16-35-27-29-28-26-31(23-15-17(3)13-14-18(23)4)25(34)21-11-9-10-12-22(21)32(26)27/h9-15,19-20H,7-8,16H2,1-6H3. The number of aryl methyl sites for hydroxylation is 2. The van der Waals surface area contributed by atoms with Gasteiger partial charge in [0, 0.05) is 12.1 Å². The molecule has 0 aliphatic heterocycles. The largest absolute Gasteiger partial charge is 0.337 e. The molecule has 0 aliphatic carbocycles. The predicted octanol–water partition coefficient (Wildman–Crippen LogP) is 5.17. The van der Waals surface area contributed by atoms with Gasteiger partial charge in [0.1, 0.15) is 0 Å². The second kappa shape index (κ2) is 10.2. The summed E-state index contributed by atoms with van der Waals surface area (Å²) in [5, 5.41) is 10.0. The van der Waals surface area contributed by atoms with Gasteiger partial charge in [0.2, 0.25) is 11.7 Å². The fourth-order valence-electron chi connectivity index (χ4n) is 4.47. The highest BCUT2D eigenvalue weighted by Gasteiger charge is 2.25. The lowest BCUT2D eigenvalue weighted by Gasteiger charge is -2.34. The molecule has 0 fully saturated rings. The van der Waals surface area contributed by atoms with Crippen LogP contribution in [0, 0.1) is 13.8 Å². The van der Waals surface area contributed by atoms with E-state index in [0.29, 0.717) is 16.3 Å². The Morgan fingerprint density at radius 1 is 1.03 bits per heavy atom. The van der Waals surface area contributed by atoms with E-state index in [1.165, 1.54) is 11.8 Å². The van der Waals surface area contributed by atoms with E-state index in [2.05, 4.69) is 37.9 Å². The van der Waals surface area contributed by atoms with E-state index in [1.807, 2.05) is 65.6 Å². The van der Waals surface area contributed by atoms with Gasteiger partial charge in [-0.25, -0.2) is 4.57 Å². The lowest BCUT2D eigenvalue weighted by molar-refractivity contribution is -0.132. The molecule has 2 atom stereocenters. The molecule has 2 heterocycles. The number of hydrogen-bond donors (Lipinski definition) is 0. The van der Waals surface area contributed by atoms with Gasteiger partial charge in [0.15, 0.2) is 5.16 Å². The van der Waals surface area contributed by atoms with Crippen LogP contribution < -0.4 is 5.56 Å². The second-order valence-corrected chi connectivity index (χ2v) is 10.1. The Balaban J connectivity index is 1.83. The number of hydrogen-bond acceptors (Lipinski definition) is 5. The van der Waals surface area contributed by atoms with Crippen LogP contribution in [0.25, 0.3) is 22.4 Å². The number of fused-ring (bicyclic) bond motifs is 3. The van der Waals surface area contributed by atoms with Crippen LogP contribution in [0.1, 0.15) is 51.7 Å². The topological polar surface area (TPSA) is 72.5 Å². The molecule has 0 bridgehead atoms. The van der Waals surface area contributed by atoms with Crippen LogP contribution in [0.4, 0.5) is 0 Å². The van der Waals surface area contributed by atoms with Crippen LogP contribution in [-0.2, 0) is 4.79 Å². The number of benzene rings is 2. The maximum atomic E-state index is 13.6. The SMILES string of the molecule is CCC(C)N(C(=O)CSc1nnc2n(-c3cc(C)ccc3C)c(=O)c3ccccc3n12)C(C)CC. The number of carbonyl (C=O) groups excluding carboxylic acids is 1. The molecule has 7 nitrogen and oxygen atoms in total. The molecule has 1 amide bonds. The fraction of sp³-hybridized carbons (Fsp3) is 0.407. The van der Waals surface area contributed by atoms with Crippen molar-refractivity contribution in [2.45, 2.75) is 71.6 Å². The molecule has 0 aliphatic rings. The number of aromatic nitrogens is 4. The van der Waals surface area contributed by atoms with Gasteiger partial charge in [-0.3, -0.25) is 14.0 Å². The molecule has 8 heteroatoms. The zero-order chi connectivity index (χ0) is 25.3. The van der Waals surface area contributed by atoms with E-state index in [9.17, 15) is 9.59 Å². The number of thioether (sulfide) groups is 1. The highest BCUT2D eigenvalue weighted by molar-refractivity contribution is 7.99. The molecule has 0 saturated carbocycles. The first kappa shape index (κ1) is 25.0. The van der Waals surface area contributed by atoms with Crippen molar-refractivity contribution in [3.05, 3.63) is 63.9 Å². The Morgan fingerprint density at radius 2 is 1.71 bits per heavy atom. The lowest BCUT2D eigenvalue weighted by Crippen LogP contribution is -2.45. The van der Waals surface area contributed by atoms with Crippen LogP contribution in [0.5, 0.6) is 0 Å². The van der Waals surface area contributed by atoms with Crippen LogP contribution in [0.15, 0.2) is 52.4 Å². The highest BCUT2D eigenvalue weighted by Crippen LogP contribution is 2.25. The maximum absolute atomic E-state index is 13.6. The first-order valence-corrected chi connectivity index (χ1v) is 13.2. The van der Waals surface area contributed by atoms with Crippen molar-refractivity contribution in [2.75, 3.05) is 5.75 Å². The Labute approximate surface area is 210 Å². The van der Waals surface area contributed by atoms with Crippen molar-refractivity contribution in [2.24, 2.45) is 0 Å². The zero-order valence-electron chi connectivity index (χ0n) is 21.3. The minimum atomic E-state index is -0.137. The summed E-state index contributed by atoms with van der Waals surface area (Å²) in [6.07, 6.45) is 1.81. The third kappa shape index (κ3) is 4.59. The summed E-state index contributed by atoms with van der Waals surface area (Å²) >= 11 is 1.36. The van der Waals surface area contributed by atoms with Crippen molar-refractivity contribution in [1.29, 1.82) is 0 Å². The molecule has 0 N–H and O–H groups in total. The van der Waals surface area contributed by atoms with Gasteiger partial charge in [0.25, 0.3) is 5.56 Å². The molecule has 0 saturated heterocycles. The summed E-state index contributed by atoms with van der Waals surface area (Å²) in [6, 6.07) is 13.9. The molecule has 2 unspecified atom stereocenters. The predicted molar refractivity (Wildman–Crippen MR) is 143 cm³/mol. The van der Waals surface area contributed by atoms with Crippen molar-refractivity contribution in [3.8, 4) is 5.69 Å². The monoisotopic (exact) mass is 491 g/mol. The number of nitrogens with zero attached hydrogens (tertiary/aromatic N) is 5. The van der Waals surface area contributed by atoms with E-state index >= 15 is 0 Å². The third-order valence-corrected chi connectivity index (χ3v) is 7.66.